The fraction of sp³-hybridized carbons (Fsp3) is 0.409. The van der Waals surface area contributed by atoms with Crippen molar-refractivity contribution >= 4 is 31.5 Å². The average molecular weight is 478 g/mol. The van der Waals surface area contributed by atoms with E-state index in [4.69, 9.17) is 0 Å². The van der Waals surface area contributed by atoms with Gasteiger partial charge in [-0.1, -0.05) is 18.2 Å². The Morgan fingerprint density at radius 2 is 1.50 bits per heavy atom. The van der Waals surface area contributed by atoms with Gasteiger partial charge in [-0.05, 0) is 55.7 Å². The molecule has 0 radical (unpaired) electrons. The number of sulfone groups is 1. The number of benzene rings is 2. The third-order valence-corrected chi connectivity index (χ3v) is 9.25. The number of nitrogens with zero attached hydrogens (tertiary/aromatic N) is 2. The number of carbonyl (C=O) groups excluding carboxylic acids is 1. The lowest BCUT2D eigenvalue weighted by atomic mass is 10.2. The highest BCUT2D eigenvalue weighted by atomic mass is 32.2. The monoisotopic (exact) mass is 477 g/mol. The topological polar surface area (TPSA) is 104 Å². The number of piperazine rings is 1. The zero-order valence-electron chi connectivity index (χ0n) is 18.1. The first-order chi connectivity index (χ1) is 15.1. The maximum Gasteiger partial charge on any atom is 0.243 e. The lowest BCUT2D eigenvalue weighted by Gasteiger charge is -2.39. The molecule has 0 saturated carbocycles. The van der Waals surface area contributed by atoms with E-state index in [9.17, 15) is 21.6 Å². The van der Waals surface area contributed by atoms with Gasteiger partial charge in [-0.3, -0.25) is 9.69 Å². The number of amides is 1. The summed E-state index contributed by atoms with van der Waals surface area (Å²) >= 11 is 0. The van der Waals surface area contributed by atoms with Crippen LogP contribution in [0.1, 0.15) is 18.4 Å². The third-order valence-electron chi connectivity index (χ3n) is 6.10. The molecule has 0 spiro atoms. The van der Waals surface area contributed by atoms with Gasteiger partial charge in [0.2, 0.25) is 15.9 Å². The molecule has 32 heavy (non-hydrogen) atoms. The van der Waals surface area contributed by atoms with Crippen LogP contribution in [0.25, 0.3) is 0 Å². The van der Waals surface area contributed by atoms with Gasteiger partial charge >= 0.3 is 0 Å². The number of fused-ring (bicyclic) bond motifs is 2. The second-order valence-electron chi connectivity index (χ2n) is 8.52. The Morgan fingerprint density at radius 3 is 2.06 bits per heavy atom. The molecule has 172 valence electrons. The lowest BCUT2D eigenvalue weighted by Crippen LogP contribution is -2.56. The summed E-state index contributed by atoms with van der Waals surface area (Å²) < 4.78 is 51.5. The Balaban J connectivity index is 1.45. The van der Waals surface area contributed by atoms with Gasteiger partial charge in [0.15, 0.2) is 9.84 Å². The van der Waals surface area contributed by atoms with Crippen LogP contribution in [-0.4, -0.2) is 69.9 Å². The number of anilines is 1. The minimum atomic E-state index is -3.75. The molecule has 1 N–H and O–H groups in total. The summed E-state index contributed by atoms with van der Waals surface area (Å²) in [4.78, 5) is 14.7. The largest absolute Gasteiger partial charge is 0.325 e. The molecule has 10 heteroatoms. The molecule has 2 aliphatic heterocycles. The van der Waals surface area contributed by atoms with E-state index < -0.39 is 19.9 Å². The SMILES string of the molecule is Cc1ccccc1NC(=O)CN1CC2CCC(C1)N2S(=O)(=O)c1ccc(S(C)(=O)=O)cc1. The summed E-state index contributed by atoms with van der Waals surface area (Å²) in [6.07, 6.45) is 2.56. The van der Waals surface area contributed by atoms with E-state index in [0.29, 0.717) is 13.1 Å². The fourth-order valence-corrected chi connectivity index (χ4v) is 7.04. The van der Waals surface area contributed by atoms with Gasteiger partial charge in [-0.2, -0.15) is 4.31 Å². The Hall–Kier alpha value is -2.27. The van der Waals surface area contributed by atoms with E-state index in [1.165, 1.54) is 24.3 Å². The lowest BCUT2D eigenvalue weighted by molar-refractivity contribution is -0.117. The van der Waals surface area contributed by atoms with Gasteiger partial charge in [0.05, 0.1) is 16.3 Å². The Kier molecular flexibility index (Phi) is 6.15. The van der Waals surface area contributed by atoms with Crippen molar-refractivity contribution in [2.45, 2.75) is 41.6 Å². The first kappa shape index (κ1) is 22.9. The summed E-state index contributed by atoms with van der Waals surface area (Å²) in [6, 6.07) is 12.5. The van der Waals surface area contributed by atoms with E-state index in [-0.39, 0.29) is 34.3 Å². The quantitative estimate of drug-likeness (QED) is 0.681. The van der Waals surface area contributed by atoms with Gasteiger partial charge in [0, 0.05) is 37.1 Å². The van der Waals surface area contributed by atoms with Crippen molar-refractivity contribution in [3.05, 3.63) is 54.1 Å². The van der Waals surface area contributed by atoms with Crippen molar-refractivity contribution in [1.82, 2.24) is 9.21 Å². The normalized spacial score (nSPS) is 22.1. The summed E-state index contributed by atoms with van der Waals surface area (Å²) in [5.74, 6) is -0.119. The zero-order valence-corrected chi connectivity index (χ0v) is 19.7. The molecule has 0 aromatic heterocycles. The predicted octanol–water partition coefficient (Wildman–Crippen LogP) is 1.87. The molecule has 1 amide bonds. The Bertz CT molecular complexity index is 1210. The van der Waals surface area contributed by atoms with Crippen molar-refractivity contribution < 1.29 is 21.6 Å². The molecular weight excluding hydrogens is 450 g/mol. The van der Waals surface area contributed by atoms with Gasteiger partial charge in [0.25, 0.3) is 0 Å². The van der Waals surface area contributed by atoms with Gasteiger partial charge in [-0.25, -0.2) is 16.8 Å². The molecule has 2 heterocycles. The van der Waals surface area contributed by atoms with Crippen LogP contribution in [0.15, 0.2) is 58.3 Å². The number of nitrogens with one attached hydrogen (secondary N) is 1. The van der Waals surface area contributed by atoms with Crippen LogP contribution in [0.4, 0.5) is 5.69 Å². The van der Waals surface area contributed by atoms with E-state index in [0.717, 1.165) is 30.3 Å². The van der Waals surface area contributed by atoms with Gasteiger partial charge in [-0.15, -0.1) is 0 Å². The fourth-order valence-electron chi connectivity index (χ4n) is 4.56. The maximum atomic E-state index is 13.3. The molecule has 8 nitrogen and oxygen atoms in total. The second kappa shape index (κ2) is 8.58. The van der Waals surface area contributed by atoms with Crippen LogP contribution < -0.4 is 5.32 Å². The van der Waals surface area contributed by atoms with E-state index in [1.54, 1.807) is 4.31 Å². The minimum absolute atomic E-state index is 0.0870. The number of hydrogen-bond acceptors (Lipinski definition) is 6. The number of sulfonamides is 1. The van der Waals surface area contributed by atoms with Crippen LogP contribution in [-0.2, 0) is 24.7 Å². The summed E-state index contributed by atoms with van der Waals surface area (Å²) in [5, 5.41) is 2.93. The minimum Gasteiger partial charge on any atom is -0.325 e. The molecule has 2 aromatic rings. The highest BCUT2D eigenvalue weighted by Crippen LogP contribution is 2.35. The van der Waals surface area contributed by atoms with Crippen molar-refractivity contribution in [2.24, 2.45) is 0 Å². The molecule has 2 aromatic carbocycles. The number of para-hydroxylation sites is 1. The summed E-state index contributed by atoms with van der Waals surface area (Å²) in [5.41, 5.74) is 1.76. The number of carbonyl (C=O) groups is 1. The highest BCUT2D eigenvalue weighted by Gasteiger charge is 2.46. The van der Waals surface area contributed by atoms with E-state index in [2.05, 4.69) is 5.32 Å². The van der Waals surface area contributed by atoms with E-state index >= 15 is 0 Å². The van der Waals surface area contributed by atoms with Crippen LogP contribution in [0, 0.1) is 6.92 Å². The molecule has 2 atom stereocenters. The van der Waals surface area contributed by atoms with Crippen LogP contribution >= 0.6 is 0 Å². The van der Waals surface area contributed by atoms with Gasteiger partial charge < -0.3 is 5.32 Å². The number of likely N-dealkylation sites (tertiary alicyclic amines) is 1. The molecule has 2 saturated heterocycles. The molecule has 2 aliphatic rings. The van der Waals surface area contributed by atoms with Crippen LogP contribution in [0.5, 0.6) is 0 Å². The number of rotatable bonds is 6. The second-order valence-corrected chi connectivity index (χ2v) is 12.4. The molecule has 2 unspecified atom stereocenters. The van der Waals surface area contributed by atoms with Crippen molar-refractivity contribution in [2.75, 3.05) is 31.2 Å². The van der Waals surface area contributed by atoms with Crippen molar-refractivity contribution in [3.8, 4) is 0 Å². The Labute approximate surface area is 189 Å². The molecule has 4 rings (SSSR count). The van der Waals surface area contributed by atoms with E-state index in [1.807, 2.05) is 36.1 Å². The third kappa shape index (κ3) is 4.59. The standard InChI is InChI=1S/C22H27N3O5S2/c1-16-5-3-4-6-21(16)23-22(26)15-24-13-17-7-8-18(14-24)25(17)32(29,30)20-11-9-19(10-12-20)31(2,27)28/h3-6,9-12,17-18H,7-8,13-15H2,1-2H3,(H,23,26). The highest BCUT2D eigenvalue weighted by molar-refractivity contribution is 7.90. The van der Waals surface area contributed by atoms with Crippen LogP contribution in [0.3, 0.4) is 0 Å². The Morgan fingerprint density at radius 1 is 0.938 bits per heavy atom. The first-order valence-electron chi connectivity index (χ1n) is 10.5. The summed E-state index contributed by atoms with van der Waals surface area (Å²) in [6.45, 7) is 3.11. The molecular formula is C22H27N3O5S2. The maximum absolute atomic E-state index is 13.3. The summed E-state index contributed by atoms with van der Waals surface area (Å²) in [7, 11) is -7.15. The smallest absolute Gasteiger partial charge is 0.243 e. The van der Waals surface area contributed by atoms with Crippen molar-refractivity contribution in [3.63, 3.8) is 0 Å². The number of aryl methyl sites for hydroxylation is 1. The van der Waals surface area contributed by atoms with Crippen LogP contribution in [0.2, 0.25) is 0 Å². The molecule has 0 aliphatic carbocycles. The van der Waals surface area contributed by atoms with Crippen molar-refractivity contribution in [1.29, 1.82) is 0 Å². The zero-order chi connectivity index (χ0) is 23.1. The van der Waals surface area contributed by atoms with Gasteiger partial charge in [0.1, 0.15) is 0 Å². The number of hydrogen-bond donors (Lipinski definition) is 1. The first-order valence-corrected chi connectivity index (χ1v) is 13.8. The predicted molar refractivity (Wildman–Crippen MR) is 122 cm³/mol. The average Bonchev–Trinajstić information content (AvgIpc) is 3.01. The molecule has 2 fully saturated rings. The molecule has 2 bridgehead atoms.